The Bertz CT molecular complexity index is 423. The minimum Gasteiger partial charge on any atom is -0.258 e. The molecule has 2 rings (SSSR count). The van der Waals surface area contributed by atoms with Gasteiger partial charge in [-0.3, -0.25) is 10.1 Å². The molecular weight excluding hydrogens is 226 g/mol. The van der Waals surface area contributed by atoms with Crippen molar-refractivity contribution < 1.29 is 4.92 Å². The van der Waals surface area contributed by atoms with Crippen molar-refractivity contribution >= 4 is 5.69 Å². The van der Waals surface area contributed by atoms with Gasteiger partial charge >= 0.3 is 0 Å². The lowest BCUT2D eigenvalue weighted by atomic mass is 9.85. The molecule has 18 heavy (non-hydrogen) atoms. The van der Waals surface area contributed by atoms with Crippen LogP contribution in [-0.4, -0.2) is 4.92 Å². The maximum Gasteiger partial charge on any atom is 0.272 e. The molecule has 1 saturated carbocycles. The fraction of sp³-hybridized carbons (Fsp3) is 0.600. The van der Waals surface area contributed by atoms with Gasteiger partial charge in [0, 0.05) is 11.6 Å². The Morgan fingerprint density at radius 1 is 1.28 bits per heavy atom. The van der Waals surface area contributed by atoms with Crippen molar-refractivity contribution in [3.05, 3.63) is 39.4 Å². The topological polar surface area (TPSA) is 43.1 Å². The third-order valence-electron chi connectivity index (χ3n) is 3.98. The highest BCUT2D eigenvalue weighted by Crippen LogP contribution is 2.29. The number of nitro groups is 1. The van der Waals surface area contributed by atoms with E-state index < -0.39 is 0 Å². The second-order valence-electron chi connectivity index (χ2n) is 5.43. The molecule has 1 aliphatic carbocycles. The number of hydrogen-bond acceptors (Lipinski definition) is 2. The molecule has 1 aromatic carbocycles. The van der Waals surface area contributed by atoms with Gasteiger partial charge in [-0.2, -0.15) is 0 Å². The van der Waals surface area contributed by atoms with E-state index in [0.29, 0.717) is 0 Å². The zero-order chi connectivity index (χ0) is 13.0. The van der Waals surface area contributed by atoms with Gasteiger partial charge in [0.2, 0.25) is 0 Å². The van der Waals surface area contributed by atoms with E-state index >= 15 is 0 Å². The van der Waals surface area contributed by atoms with Crippen LogP contribution < -0.4 is 0 Å². The van der Waals surface area contributed by atoms with Crippen molar-refractivity contribution in [1.29, 1.82) is 0 Å². The van der Waals surface area contributed by atoms with Gasteiger partial charge in [-0.25, -0.2) is 0 Å². The van der Waals surface area contributed by atoms with Crippen molar-refractivity contribution in [2.75, 3.05) is 0 Å². The first-order valence-corrected chi connectivity index (χ1v) is 6.91. The van der Waals surface area contributed by atoms with Crippen molar-refractivity contribution in [2.24, 2.45) is 5.92 Å². The summed E-state index contributed by atoms with van der Waals surface area (Å²) in [5.41, 5.74) is 2.31. The second kappa shape index (κ2) is 5.98. The Kier molecular flexibility index (Phi) is 4.34. The molecule has 0 aliphatic heterocycles. The molecule has 0 bridgehead atoms. The molecule has 0 aromatic heterocycles. The molecule has 3 nitrogen and oxygen atoms in total. The first-order valence-electron chi connectivity index (χ1n) is 6.91. The van der Waals surface area contributed by atoms with Gasteiger partial charge in [-0.1, -0.05) is 43.7 Å². The Labute approximate surface area is 108 Å². The summed E-state index contributed by atoms with van der Waals surface area (Å²) in [5, 5.41) is 11.0. The van der Waals surface area contributed by atoms with Gasteiger partial charge in [-0.15, -0.1) is 0 Å². The summed E-state index contributed by atoms with van der Waals surface area (Å²) >= 11 is 0. The SMILES string of the molecule is Cc1ccc([N+](=O)[O-])c(CCC2CCCCC2)c1. The molecule has 1 aromatic rings. The Morgan fingerprint density at radius 3 is 2.67 bits per heavy atom. The van der Waals surface area contributed by atoms with Gasteiger partial charge < -0.3 is 0 Å². The molecule has 98 valence electrons. The molecule has 1 aliphatic rings. The molecule has 0 spiro atoms. The first-order chi connectivity index (χ1) is 8.66. The molecule has 0 radical (unpaired) electrons. The van der Waals surface area contributed by atoms with Crippen molar-refractivity contribution in [2.45, 2.75) is 51.9 Å². The zero-order valence-electron chi connectivity index (χ0n) is 11.0. The van der Waals surface area contributed by atoms with Crippen molar-refractivity contribution in [3.63, 3.8) is 0 Å². The van der Waals surface area contributed by atoms with E-state index in [2.05, 4.69) is 0 Å². The van der Waals surface area contributed by atoms with Crippen LogP contribution in [0.15, 0.2) is 18.2 Å². The molecule has 0 saturated heterocycles. The van der Waals surface area contributed by atoms with Gasteiger partial charge in [0.1, 0.15) is 0 Å². The molecule has 0 heterocycles. The lowest BCUT2D eigenvalue weighted by Crippen LogP contribution is -2.08. The Hall–Kier alpha value is -1.38. The average molecular weight is 247 g/mol. The maximum absolute atomic E-state index is 11.0. The minimum atomic E-state index is -0.254. The lowest BCUT2D eigenvalue weighted by molar-refractivity contribution is -0.385. The number of aryl methyl sites for hydroxylation is 2. The summed E-state index contributed by atoms with van der Waals surface area (Å²) in [7, 11) is 0. The van der Waals surface area contributed by atoms with Crippen LogP contribution in [-0.2, 0) is 6.42 Å². The van der Waals surface area contributed by atoms with Crippen LogP contribution in [0.5, 0.6) is 0 Å². The van der Waals surface area contributed by atoms with E-state index in [1.165, 1.54) is 32.1 Å². The molecule has 1 fully saturated rings. The van der Waals surface area contributed by atoms with Crippen LogP contribution in [0, 0.1) is 23.0 Å². The van der Waals surface area contributed by atoms with E-state index in [1.807, 2.05) is 19.1 Å². The normalized spacial score (nSPS) is 16.7. The smallest absolute Gasteiger partial charge is 0.258 e. The monoisotopic (exact) mass is 247 g/mol. The molecule has 0 N–H and O–H groups in total. The highest BCUT2D eigenvalue weighted by molar-refractivity contribution is 5.42. The van der Waals surface area contributed by atoms with E-state index in [1.54, 1.807) is 6.07 Å². The average Bonchev–Trinajstić information content (AvgIpc) is 2.37. The van der Waals surface area contributed by atoms with E-state index in [4.69, 9.17) is 0 Å². The summed E-state index contributed by atoms with van der Waals surface area (Å²) in [6, 6.07) is 5.44. The fourth-order valence-corrected chi connectivity index (χ4v) is 2.93. The van der Waals surface area contributed by atoms with Gasteiger partial charge in [0.25, 0.3) is 5.69 Å². The van der Waals surface area contributed by atoms with Crippen LogP contribution in [0.25, 0.3) is 0 Å². The summed E-state index contributed by atoms with van der Waals surface area (Å²) in [4.78, 5) is 10.7. The minimum absolute atomic E-state index is 0.254. The summed E-state index contributed by atoms with van der Waals surface area (Å²) in [6.45, 7) is 1.99. The maximum atomic E-state index is 11.0. The quantitative estimate of drug-likeness (QED) is 0.584. The first kappa shape index (κ1) is 13.1. The lowest BCUT2D eigenvalue weighted by Gasteiger charge is -2.21. The number of rotatable bonds is 4. The molecular formula is C15H21NO2. The molecule has 0 atom stereocenters. The summed E-state index contributed by atoms with van der Waals surface area (Å²) < 4.78 is 0. The van der Waals surface area contributed by atoms with Gasteiger partial charge in [-0.05, 0) is 31.7 Å². The second-order valence-corrected chi connectivity index (χ2v) is 5.43. The summed E-state index contributed by atoms with van der Waals surface area (Å²) in [6.07, 6.45) is 8.59. The van der Waals surface area contributed by atoms with E-state index in [9.17, 15) is 10.1 Å². The highest BCUT2D eigenvalue weighted by atomic mass is 16.6. The fourth-order valence-electron chi connectivity index (χ4n) is 2.93. The predicted molar refractivity (Wildman–Crippen MR) is 72.7 cm³/mol. The zero-order valence-corrected chi connectivity index (χ0v) is 11.0. The van der Waals surface area contributed by atoms with Crippen LogP contribution in [0.3, 0.4) is 0 Å². The van der Waals surface area contributed by atoms with Crippen LogP contribution >= 0.6 is 0 Å². The number of nitro benzene ring substituents is 1. The molecule has 0 unspecified atom stereocenters. The predicted octanol–water partition coefficient (Wildman–Crippen LogP) is 4.42. The van der Waals surface area contributed by atoms with Crippen molar-refractivity contribution in [1.82, 2.24) is 0 Å². The Morgan fingerprint density at radius 2 is 2.00 bits per heavy atom. The number of nitrogens with zero attached hydrogens (tertiary/aromatic N) is 1. The molecule has 3 heteroatoms. The van der Waals surface area contributed by atoms with Crippen LogP contribution in [0.4, 0.5) is 5.69 Å². The van der Waals surface area contributed by atoms with Crippen LogP contribution in [0.2, 0.25) is 0 Å². The number of hydrogen-bond donors (Lipinski definition) is 0. The number of benzene rings is 1. The van der Waals surface area contributed by atoms with Gasteiger partial charge in [0.05, 0.1) is 4.92 Å². The third kappa shape index (κ3) is 3.31. The largest absolute Gasteiger partial charge is 0.272 e. The van der Waals surface area contributed by atoms with Crippen LogP contribution in [0.1, 0.15) is 49.7 Å². The van der Waals surface area contributed by atoms with Crippen molar-refractivity contribution in [3.8, 4) is 0 Å². The highest BCUT2D eigenvalue weighted by Gasteiger charge is 2.17. The van der Waals surface area contributed by atoms with Gasteiger partial charge in [0.15, 0.2) is 0 Å². The Balaban J connectivity index is 2.03. The molecule has 0 amide bonds. The van der Waals surface area contributed by atoms with E-state index in [-0.39, 0.29) is 10.6 Å². The summed E-state index contributed by atoms with van der Waals surface area (Å²) in [5.74, 6) is 0.777. The standard InChI is InChI=1S/C15H21NO2/c1-12-7-10-15(16(17)18)14(11-12)9-8-13-5-3-2-4-6-13/h7,10-11,13H,2-6,8-9H2,1H3. The third-order valence-corrected chi connectivity index (χ3v) is 3.98. The van der Waals surface area contributed by atoms with E-state index in [0.717, 1.165) is 29.9 Å².